The number of H-pyrrole nitrogens is 1. The number of aliphatic hydroxyl groups excluding tert-OH is 1. The lowest BCUT2D eigenvalue weighted by Crippen LogP contribution is -2.58. The number of aliphatic carboxylic acids is 2. The highest BCUT2D eigenvalue weighted by atomic mass is 16.4. The van der Waals surface area contributed by atoms with Gasteiger partial charge in [-0.25, -0.2) is 9.78 Å². The Morgan fingerprint density at radius 1 is 0.949 bits per heavy atom. The Kier molecular flexibility index (Phi) is 11.4. The van der Waals surface area contributed by atoms with Crippen molar-refractivity contribution in [3.8, 4) is 5.75 Å². The number of amides is 3. The SMILES string of the molecule is CC(O)C(NC(=O)C(CCC(=O)O)NC(=O)C(Cc1cnc[nH]1)NC(=O)C(N)Cc1ccc(O)cc1)C(=O)O. The number of carbonyl (C=O) groups is 5. The standard InChI is InChI=1S/C24H32N6O9/c1-12(31)20(24(38)39)30-22(36)17(6-7-19(33)34)28-23(37)18(9-14-10-26-11-27-14)29-21(35)16(25)8-13-2-4-15(32)5-3-13/h2-5,10-12,16-18,20,31-32H,6-9,25H2,1H3,(H,26,27)(H,28,37)(H,29,35)(H,30,36)(H,33,34)(H,38,39). The normalized spacial score (nSPS) is 14.7. The summed E-state index contributed by atoms with van der Waals surface area (Å²) in [5, 5.41) is 44.3. The number of carboxylic acids is 2. The maximum absolute atomic E-state index is 13.2. The van der Waals surface area contributed by atoms with Crippen LogP contribution in [0.3, 0.4) is 0 Å². The van der Waals surface area contributed by atoms with Crippen LogP contribution >= 0.6 is 0 Å². The van der Waals surface area contributed by atoms with Gasteiger partial charge in [-0.3, -0.25) is 19.2 Å². The number of nitrogens with two attached hydrogens (primary N) is 1. The van der Waals surface area contributed by atoms with Crippen LogP contribution in [0.25, 0.3) is 0 Å². The van der Waals surface area contributed by atoms with Gasteiger partial charge in [0.15, 0.2) is 6.04 Å². The lowest BCUT2D eigenvalue weighted by molar-refractivity contribution is -0.145. The molecular formula is C24H32N6O9. The van der Waals surface area contributed by atoms with Crippen LogP contribution in [0.1, 0.15) is 31.0 Å². The minimum atomic E-state index is -1.71. The number of carboxylic acid groups (broad SMARTS) is 2. The second kappa shape index (κ2) is 14.4. The van der Waals surface area contributed by atoms with Gasteiger partial charge in [0.05, 0.1) is 18.5 Å². The highest BCUT2D eigenvalue weighted by Gasteiger charge is 2.32. The maximum atomic E-state index is 13.2. The minimum absolute atomic E-state index is 0.0395. The van der Waals surface area contributed by atoms with Crippen molar-refractivity contribution in [3.63, 3.8) is 0 Å². The third-order valence-corrected chi connectivity index (χ3v) is 5.67. The molecule has 0 saturated carbocycles. The number of phenols is 1. The van der Waals surface area contributed by atoms with E-state index in [1.165, 1.54) is 24.7 Å². The number of aromatic hydroxyl groups is 1. The number of benzene rings is 1. The number of aliphatic hydroxyl groups is 1. The van der Waals surface area contributed by atoms with Gasteiger partial charge in [-0.1, -0.05) is 12.1 Å². The number of carbonyl (C=O) groups excluding carboxylic acids is 3. The first-order valence-corrected chi connectivity index (χ1v) is 11.9. The number of rotatable bonds is 15. The second-order valence-electron chi connectivity index (χ2n) is 8.88. The van der Waals surface area contributed by atoms with Gasteiger partial charge in [0.25, 0.3) is 0 Å². The molecule has 1 aromatic carbocycles. The molecule has 15 heteroatoms. The van der Waals surface area contributed by atoms with E-state index in [0.717, 1.165) is 6.92 Å². The number of imidazole rings is 1. The molecule has 2 rings (SSSR count). The summed E-state index contributed by atoms with van der Waals surface area (Å²) in [5.41, 5.74) is 7.12. The van der Waals surface area contributed by atoms with E-state index in [9.17, 15) is 39.3 Å². The van der Waals surface area contributed by atoms with Gasteiger partial charge in [-0.05, 0) is 37.5 Å². The van der Waals surface area contributed by atoms with Crippen molar-refractivity contribution in [1.82, 2.24) is 25.9 Å². The Morgan fingerprint density at radius 2 is 1.56 bits per heavy atom. The van der Waals surface area contributed by atoms with E-state index in [1.54, 1.807) is 12.1 Å². The number of nitrogens with zero attached hydrogens (tertiary/aromatic N) is 1. The molecule has 0 aliphatic carbocycles. The molecule has 212 valence electrons. The summed E-state index contributed by atoms with van der Waals surface area (Å²) >= 11 is 0. The Bertz CT molecular complexity index is 1140. The van der Waals surface area contributed by atoms with Gasteiger partial charge in [0, 0.05) is 24.7 Å². The molecule has 1 heterocycles. The molecule has 5 atom stereocenters. The fraction of sp³-hybridized carbons (Fsp3) is 0.417. The Morgan fingerprint density at radius 3 is 2.10 bits per heavy atom. The Balaban J connectivity index is 2.19. The van der Waals surface area contributed by atoms with Crippen LogP contribution in [-0.2, 0) is 36.8 Å². The number of hydrogen-bond acceptors (Lipinski definition) is 9. The monoisotopic (exact) mass is 548 g/mol. The predicted octanol–water partition coefficient (Wildman–Crippen LogP) is -1.99. The highest BCUT2D eigenvalue weighted by Crippen LogP contribution is 2.11. The van der Waals surface area contributed by atoms with Crippen LogP contribution in [0.5, 0.6) is 5.75 Å². The van der Waals surface area contributed by atoms with Crippen molar-refractivity contribution < 1.29 is 44.4 Å². The van der Waals surface area contributed by atoms with Crippen LogP contribution in [0.4, 0.5) is 0 Å². The Hall–Kier alpha value is -4.50. The molecule has 0 radical (unpaired) electrons. The van der Waals surface area contributed by atoms with Crippen LogP contribution in [0.15, 0.2) is 36.8 Å². The van der Waals surface area contributed by atoms with Gasteiger partial charge in [-0.2, -0.15) is 0 Å². The van der Waals surface area contributed by atoms with E-state index in [0.29, 0.717) is 11.3 Å². The van der Waals surface area contributed by atoms with Crippen LogP contribution in [0.2, 0.25) is 0 Å². The van der Waals surface area contributed by atoms with E-state index >= 15 is 0 Å². The third kappa shape index (κ3) is 10.1. The molecule has 15 nitrogen and oxygen atoms in total. The van der Waals surface area contributed by atoms with Gasteiger partial charge >= 0.3 is 11.9 Å². The predicted molar refractivity (Wildman–Crippen MR) is 134 cm³/mol. The molecule has 39 heavy (non-hydrogen) atoms. The van der Waals surface area contributed by atoms with E-state index in [4.69, 9.17) is 10.8 Å². The lowest BCUT2D eigenvalue weighted by Gasteiger charge is -2.25. The maximum Gasteiger partial charge on any atom is 0.328 e. The average molecular weight is 549 g/mol. The summed E-state index contributed by atoms with van der Waals surface area (Å²) in [6, 6.07) is 0.463. The summed E-state index contributed by atoms with van der Waals surface area (Å²) in [5.74, 6) is -5.37. The quantitative estimate of drug-likeness (QED) is 0.118. The molecule has 2 aromatic rings. The van der Waals surface area contributed by atoms with Crippen molar-refractivity contribution in [3.05, 3.63) is 48.0 Å². The molecule has 0 aliphatic rings. The molecule has 10 N–H and O–H groups in total. The zero-order chi connectivity index (χ0) is 29.1. The number of aromatic nitrogens is 2. The van der Waals surface area contributed by atoms with Crippen molar-refractivity contribution in [2.24, 2.45) is 5.73 Å². The number of hydrogen-bond donors (Lipinski definition) is 9. The zero-order valence-electron chi connectivity index (χ0n) is 21.0. The fourth-order valence-electron chi connectivity index (χ4n) is 3.53. The summed E-state index contributed by atoms with van der Waals surface area (Å²) in [6.45, 7) is 1.14. The first kappa shape index (κ1) is 30.7. The van der Waals surface area contributed by atoms with E-state index in [2.05, 4.69) is 25.9 Å². The molecule has 0 fully saturated rings. The van der Waals surface area contributed by atoms with E-state index < -0.39 is 72.8 Å². The molecule has 1 aromatic heterocycles. The largest absolute Gasteiger partial charge is 0.508 e. The van der Waals surface area contributed by atoms with Crippen LogP contribution in [0, 0.1) is 0 Å². The van der Waals surface area contributed by atoms with Gasteiger partial charge in [0.1, 0.15) is 17.8 Å². The molecular weight excluding hydrogens is 516 g/mol. The Labute approximate surface area is 222 Å². The number of aromatic amines is 1. The number of phenolic OH excluding ortho intramolecular Hbond substituents is 1. The van der Waals surface area contributed by atoms with E-state index in [-0.39, 0.29) is 18.6 Å². The third-order valence-electron chi connectivity index (χ3n) is 5.67. The van der Waals surface area contributed by atoms with E-state index in [1.807, 2.05) is 0 Å². The van der Waals surface area contributed by atoms with Crippen molar-refractivity contribution >= 4 is 29.7 Å². The topological polar surface area (TPSA) is 257 Å². The van der Waals surface area contributed by atoms with Crippen molar-refractivity contribution in [2.45, 2.75) is 62.9 Å². The lowest BCUT2D eigenvalue weighted by atomic mass is 10.0. The molecule has 0 saturated heterocycles. The highest BCUT2D eigenvalue weighted by molar-refractivity contribution is 5.94. The number of nitrogens with one attached hydrogen (secondary N) is 4. The first-order chi connectivity index (χ1) is 18.4. The summed E-state index contributed by atoms with van der Waals surface area (Å²) in [7, 11) is 0. The van der Waals surface area contributed by atoms with Gasteiger partial charge < -0.3 is 47.1 Å². The zero-order valence-corrected chi connectivity index (χ0v) is 21.0. The first-order valence-electron chi connectivity index (χ1n) is 11.9. The average Bonchev–Trinajstić information content (AvgIpc) is 3.38. The molecule has 0 bridgehead atoms. The van der Waals surface area contributed by atoms with Gasteiger partial charge in [0.2, 0.25) is 17.7 Å². The molecule has 0 aliphatic heterocycles. The fourth-order valence-corrected chi connectivity index (χ4v) is 3.53. The minimum Gasteiger partial charge on any atom is -0.508 e. The smallest absolute Gasteiger partial charge is 0.328 e. The van der Waals surface area contributed by atoms with Crippen LogP contribution in [-0.4, -0.2) is 90.3 Å². The molecule has 0 spiro atoms. The second-order valence-corrected chi connectivity index (χ2v) is 8.88. The van der Waals surface area contributed by atoms with Crippen molar-refractivity contribution in [2.75, 3.05) is 0 Å². The van der Waals surface area contributed by atoms with Crippen LogP contribution < -0.4 is 21.7 Å². The van der Waals surface area contributed by atoms with Gasteiger partial charge in [-0.15, -0.1) is 0 Å². The summed E-state index contributed by atoms with van der Waals surface area (Å²) in [4.78, 5) is 68.0. The summed E-state index contributed by atoms with van der Waals surface area (Å²) < 4.78 is 0. The molecule has 3 amide bonds. The van der Waals surface area contributed by atoms with Crippen molar-refractivity contribution in [1.29, 1.82) is 0 Å². The summed E-state index contributed by atoms with van der Waals surface area (Å²) in [6.07, 6.45) is 0.339. The molecule has 5 unspecified atom stereocenters.